The molecule has 1 aromatic carbocycles. The van der Waals surface area contributed by atoms with Crippen LogP contribution in [0.15, 0.2) is 22.7 Å². The first-order valence-electron chi connectivity index (χ1n) is 6.09. The first-order chi connectivity index (χ1) is 8.66. The van der Waals surface area contributed by atoms with Gasteiger partial charge in [0.2, 0.25) is 5.91 Å². The van der Waals surface area contributed by atoms with E-state index in [2.05, 4.69) is 21.2 Å². The van der Waals surface area contributed by atoms with Gasteiger partial charge in [0, 0.05) is 42.1 Å². The molecule has 1 aliphatic heterocycles. The molecular formula is C13H17BrCl2N2O. The fourth-order valence-electron chi connectivity index (χ4n) is 2.05. The van der Waals surface area contributed by atoms with Crippen LogP contribution in [0, 0.1) is 0 Å². The minimum atomic E-state index is 0. The second-order valence-corrected chi connectivity index (χ2v) is 5.66. The van der Waals surface area contributed by atoms with Crippen molar-refractivity contribution < 1.29 is 4.79 Å². The van der Waals surface area contributed by atoms with Gasteiger partial charge in [-0.15, -0.1) is 12.4 Å². The van der Waals surface area contributed by atoms with Crippen LogP contribution in [0.25, 0.3) is 0 Å². The van der Waals surface area contributed by atoms with E-state index in [-0.39, 0.29) is 18.3 Å². The average molecular weight is 368 g/mol. The predicted molar refractivity (Wildman–Crippen MR) is 84.2 cm³/mol. The lowest BCUT2D eigenvalue weighted by Crippen LogP contribution is -2.46. The monoisotopic (exact) mass is 366 g/mol. The van der Waals surface area contributed by atoms with E-state index in [9.17, 15) is 4.79 Å². The maximum atomic E-state index is 12.0. The fraction of sp³-hybridized carbons (Fsp3) is 0.462. The van der Waals surface area contributed by atoms with Crippen molar-refractivity contribution >= 4 is 45.8 Å². The number of nitrogens with one attached hydrogen (secondary N) is 1. The summed E-state index contributed by atoms with van der Waals surface area (Å²) in [7, 11) is 0. The zero-order chi connectivity index (χ0) is 13.0. The molecule has 19 heavy (non-hydrogen) atoms. The molecule has 1 heterocycles. The summed E-state index contributed by atoms with van der Waals surface area (Å²) in [5.74, 6) is 0.225. The summed E-state index contributed by atoms with van der Waals surface area (Å²) in [5, 5.41) is 3.95. The molecule has 6 heteroatoms. The van der Waals surface area contributed by atoms with Crippen LogP contribution >= 0.6 is 39.9 Å². The molecule has 1 fully saturated rings. The number of rotatable bonds is 3. The molecule has 0 radical (unpaired) electrons. The van der Waals surface area contributed by atoms with Gasteiger partial charge < -0.3 is 10.2 Å². The lowest BCUT2D eigenvalue weighted by atomic mass is 10.1. The van der Waals surface area contributed by atoms with E-state index in [0.717, 1.165) is 42.6 Å². The zero-order valence-electron chi connectivity index (χ0n) is 10.5. The van der Waals surface area contributed by atoms with Gasteiger partial charge >= 0.3 is 0 Å². The summed E-state index contributed by atoms with van der Waals surface area (Å²) in [6.07, 6.45) is 1.27. The van der Waals surface area contributed by atoms with Gasteiger partial charge in [-0.2, -0.15) is 0 Å². The van der Waals surface area contributed by atoms with E-state index < -0.39 is 0 Å². The highest BCUT2D eigenvalue weighted by molar-refractivity contribution is 9.10. The number of benzene rings is 1. The highest BCUT2D eigenvalue weighted by Crippen LogP contribution is 2.22. The van der Waals surface area contributed by atoms with Crippen LogP contribution < -0.4 is 5.32 Å². The molecule has 1 amide bonds. The van der Waals surface area contributed by atoms with Gasteiger partial charge in [0.15, 0.2) is 0 Å². The van der Waals surface area contributed by atoms with Crippen molar-refractivity contribution in [3.63, 3.8) is 0 Å². The van der Waals surface area contributed by atoms with Crippen molar-refractivity contribution in [2.24, 2.45) is 0 Å². The molecule has 0 bridgehead atoms. The van der Waals surface area contributed by atoms with Crippen LogP contribution in [0.2, 0.25) is 5.02 Å². The highest BCUT2D eigenvalue weighted by atomic mass is 79.9. The standard InChI is InChI=1S/C13H16BrClN2O.ClH/c14-12-3-2-11(15)9-10(12)1-4-13(18)17-7-5-16-6-8-17;/h2-3,9,16H,1,4-8H2;1H. The van der Waals surface area contributed by atoms with Crippen LogP contribution in [-0.2, 0) is 11.2 Å². The second-order valence-electron chi connectivity index (χ2n) is 4.37. The topological polar surface area (TPSA) is 32.3 Å². The van der Waals surface area contributed by atoms with E-state index in [1.807, 2.05) is 23.1 Å². The summed E-state index contributed by atoms with van der Waals surface area (Å²) in [6, 6.07) is 5.68. The first-order valence-corrected chi connectivity index (χ1v) is 7.26. The minimum absolute atomic E-state index is 0. The van der Waals surface area contributed by atoms with Gasteiger partial charge in [0.1, 0.15) is 0 Å². The molecule has 2 rings (SSSR count). The largest absolute Gasteiger partial charge is 0.340 e. The molecular weight excluding hydrogens is 351 g/mol. The minimum Gasteiger partial charge on any atom is -0.340 e. The Hall–Kier alpha value is -0.290. The molecule has 1 N–H and O–H groups in total. The van der Waals surface area contributed by atoms with Crippen LogP contribution in [0.5, 0.6) is 0 Å². The number of hydrogen-bond donors (Lipinski definition) is 1. The van der Waals surface area contributed by atoms with Gasteiger partial charge in [0.25, 0.3) is 0 Å². The SMILES string of the molecule is Cl.O=C(CCc1cc(Cl)ccc1Br)N1CCNCC1. The maximum Gasteiger partial charge on any atom is 0.222 e. The molecule has 3 nitrogen and oxygen atoms in total. The lowest BCUT2D eigenvalue weighted by Gasteiger charge is -2.27. The van der Waals surface area contributed by atoms with Crippen molar-refractivity contribution in [3.8, 4) is 0 Å². The van der Waals surface area contributed by atoms with Crippen LogP contribution in [0.4, 0.5) is 0 Å². The summed E-state index contributed by atoms with van der Waals surface area (Å²) in [6.45, 7) is 3.42. The first kappa shape index (κ1) is 16.8. The molecule has 1 aromatic rings. The quantitative estimate of drug-likeness (QED) is 0.890. The zero-order valence-corrected chi connectivity index (χ0v) is 13.7. The smallest absolute Gasteiger partial charge is 0.222 e. The van der Waals surface area contributed by atoms with E-state index in [4.69, 9.17) is 11.6 Å². The molecule has 0 aromatic heterocycles. The molecule has 1 aliphatic rings. The number of carbonyl (C=O) groups is 1. The van der Waals surface area contributed by atoms with E-state index in [1.165, 1.54) is 0 Å². The number of halogens is 3. The van der Waals surface area contributed by atoms with E-state index in [1.54, 1.807) is 0 Å². The number of nitrogens with zero attached hydrogens (tertiary/aromatic N) is 1. The number of aryl methyl sites for hydroxylation is 1. The van der Waals surface area contributed by atoms with Gasteiger partial charge in [-0.3, -0.25) is 4.79 Å². The molecule has 0 spiro atoms. The van der Waals surface area contributed by atoms with Crippen molar-refractivity contribution in [1.29, 1.82) is 0 Å². The van der Waals surface area contributed by atoms with Crippen LogP contribution in [0.1, 0.15) is 12.0 Å². The Kier molecular flexibility index (Phi) is 7.15. The Morgan fingerprint density at radius 1 is 1.37 bits per heavy atom. The average Bonchev–Trinajstić information content (AvgIpc) is 2.40. The summed E-state index contributed by atoms with van der Waals surface area (Å²) >= 11 is 9.44. The normalized spacial score (nSPS) is 14.9. The van der Waals surface area contributed by atoms with Gasteiger partial charge in [-0.25, -0.2) is 0 Å². The van der Waals surface area contributed by atoms with Crippen LogP contribution in [0.3, 0.4) is 0 Å². The Labute approximate surface area is 133 Å². The molecule has 0 atom stereocenters. The Balaban J connectivity index is 0.00000180. The number of amides is 1. The molecule has 0 saturated carbocycles. The van der Waals surface area contributed by atoms with Gasteiger partial charge in [0.05, 0.1) is 0 Å². The third-order valence-corrected chi connectivity index (χ3v) is 4.09. The third-order valence-electron chi connectivity index (χ3n) is 3.09. The predicted octanol–water partition coefficient (Wildman–Crippen LogP) is 2.89. The summed E-state index contributed by atoms with van der Waals surface area (Å²) < 4.78 is 1.01. The summed E-state index contributed by atoms with van der Waals surface area (Å²) in [4.78, 5) is 13.9. The Morgan fingerprint density at radius 3 is 2.74 bits per heavy atom. The van der Waals surface area contributed by atoms with Crippen LogP contribution in [-0.4, -0.2) is 37.0 Å². The Bertz CT molecular complexity index is 437. The number of piperazine rings is 1. The fourth-order valence-corrected chi connectivity index (χ4v) is 2.69. The maximum absolute atomic E-state index is 12.0. The van der Waals surface area contributed by atoms with Crippen molar-refractivity contribution in [2.75, 3.05) is 26.2 Å². The number of hydrogen-bond acceptors (Lipinski definition) is 2. The lowest BCUT2D eigenvalue weighted by molar-refractivity contribution is -0.131. The highest BCUT2D eigenvalue weighted by Gasteiger charge is 2.16. The molecule has 106 valence electrons. The second kappa shape index (κ2) is 8.10. The molecule has 0 unspecified atom stereocenters. The van der Waals surface area contributed by atoms with Crippen molar-refractivity contribution in [3.05, 3.63) is 33.3 Å². The number of carbonyl (C=O) groups excluding carboxylic acids is 1. The van der Waals surface area contributed by atoms with Crippen molar-refractivity contribution in [1.82, 2.24) is 10.2 Å². The third kappa shape index (κ3) is 4.95. The Morgan fingerprint density at radius 2 is 2.05 bits per heavy atom. The molecule has 0 aliphatic carbocycles. The summed E-state index contributed by atoms with van der Waals surface area (Å²) in [5.41, 5.74) is 1.09. The van der Waals surface area contributed by atoms with Gasteiger partial charge in [-0.05, 0) is 30.2 Å². The van der Waals surface area contributed by atoms with Crippen molar-refractivity contribution in [2.45, 2.75) is 12.8 Å². The van der Waals surface area contributed by atoms with Gasteiger partial charge in [-0.1, -0.05) is 27.5 Å². The molecule has 1 saturated heterocycles. The van der Waals surface area contributed by atoms with E-state index >= 15 is 0 Å². The van der Waals surface area contributed by atoms with E-state index in [0.29, 0.717) is 11.4 Å².